The Kier molecular flexibility index (Phi) is 7.80. The second-order valence-electron chi connectivity index (χ2n) is 8.06. The minimum Gasteiger partial charge on any atom is -0.456 e. The number of anilines is 1. The number of benzene rings is 2. The standard InChI is InChI=1S/C23H23N3O6/c1-23(2,3)17-6-4-15(5-7-17)20(27)10-11-22(29)32-14-21(28)25-19-9-8-18(26(30)31)12-16(19)13-24/h4-9,12H,10-11,14H2,1-3H3,(H,25,28). The zero-order valence-electron chi connectivity index (χ0n) is 18.0. The van der Waals surface area contributed by atoms with Crippen LogP contribution < -0.4 is 5.32 Å². The number of nitriles is 1. The Balaban J connectivity index is 1.83. The van der Waals surface area contributed by atoms with Crippen LogP contribution in [0.2, 0.25) is 0 Å². The summed E-state index contributed by atoms with van der Waals surface area (Å²) in [7, 11) is 0. The van der Waals surface area contributed by atoms with Crippen molar-refractivity contribution in [1.29, 1.82) is 5.26 Å². The number of nitro groups is 1. The number of nitro benzene ring substituents is 1. The van der Waals surface area contributed by atoms with Crippen molar-refractivity contribution in [3.8, 4) is 6.07 Å². The Labute approximate surface area is 185 Å². The number of hydrogen-bond donors (Lipinski definition) is 1. The number of non-ortho nitro benzene ring substituents is 1. The first-order chi connectivity index (χ1) is 15.0. The summed E-state index contributed by atoms with van der Waals surface area (Å²) in [5, 5.41) is 22.2. The van der Waals surface area contributed by atoms with Crippen molar-refractivity contribution in [2.45, 2.75) is 39.0 Å². The number of esters is 1. The third-order valence-corrected chi connectivity index (χ3v) is 4.60. The van der Waals surface area contributed by atoms with E-state index in [9.17, 15) is 24.5 Å². The Bertz CT molecular complexity index is 1080. The summed E-state index contributed by atoms with van der Waals surface area (Å²) in [6, 6.07) is 12.3. The van der Waals surface area contributed by atoms with Gasteiger partial charge in [0.15, 0.2) is 12.4 Å². The van der Waals surface area contributed by atoms with Crippen molar-refractivity contribution in [1.82, 2.24) is 0 Å². The van der Waals surface area contributed by atoms with Crippen molar-refractivity contribution >= 4 is 29.0 Å². The largest absolute Gasteiger partial charge is 0.456 e. The maximum absolute atomic E-state index is 12.3. The van der Waals surface area contributed by atoms with E-state index in [1.54, 1.807) is 18.2 Å². The highest BCUT2D eigenvalue weighted by Gasteiger charge is 2.17. The predicted octanol–water partition coefficient (Wildman–Crippen LogP) is 3.91. The summed E-state index contributed by atoms with van der Waals surface area (Å²) in [5.41, 5.74) is 1.23. The van der Waals surface area contributed by atoms with E-state index in [4.69, 9.17) is 10.00 Å². The smallest absolute Gasteiger partial charge is 0.306 e. The van der Waals surface area contributed by atoms with E-state index in [1.807, 2.05) is 12.1 Å². The molecule has 0 aliphatic carbocycles. The number of ketones is 1. The molecule has 2 aromatic rings. The topological polar surface area (TPSA) is 139 Å². The van der Waals surface area contributed by atoms with Crippen LogP contribution in [0.5, 0.6) is 0 Å². The molecule has 32 heavy (non-hydrogen) atoms. The molecule has 1 N–H and O–H groups in total. The third-order valence-electron chi connectivity index (χ3n) is 4.60. The summed E-state index contributed by atoms with van der Waals surface area (Å²) in [4.78, 5) is 46.2. The molecule has 2 aromatic carbocycles. The van der Waals surface area contributed by atoms with Gasteiger partial charge in [-0.05, 0) is 17.0 Å². The zero-order valence-corrected chi connectivity index (χ0v) is 18.0. The molecule has 0 heterocycles. The van der Waals surface area contributed by atoms with Gasteiger partial charge in [-0.25, -0.2) is 0 Å². The van der Waals surface area contributed by atoms with E-state index >= 15 is 0 Å². The van der Waals surface area contributed by atoms with Crippen LogP contribution in [0.15, 0.2) is 42.5 Å². The fourth-order valence-corrected chi connectivity index (χ4v) is 2.77. The lowest BCUT2D eigenvalue weighted by Gasteiger charge is -2.18. The number of Topliss-reactive ketones (excluding diaryl/α,β-unsaturated/α-hetero) is 1. The van der Waals surface area contributed by atoms with Crippen molar-refractivity contribution in [3.63, 3.8) is 0 Å². The number of ether oxygens (including phenoxy) is 1. The maximum atomic E-state index is 12.3. The van der Waals surface area contributed by atoms with Gasteiger partial charge in [-0.2, -0.15) is 5.26 Å². The average molecular weight is 437 g/mol. The van der Waals surface area contributed by atoms with Crippen LogP contribution >= 0.6 is 0 Å². The number of hydrogen-bond acceptors (Lipinski definition) is 7. The summed E-state index contributed by atoms with van der Waals surface area (Å²) in [6.45, 7) is 5.59. The van der Waals surface area contributed by atoms with Gasteiger partial charge in [0.05, 0.1) is 22.6 Å². The molecule has 0 aliphatic heterocycles. The molecule has 9 heteroatoms. The summed E-state index contributed by atoms with van der Waals surface area (Å²) in [6.07, 6.45) is -0.246. The molecule has 1 amide bonds. The van der Waals surface area contributed by atoms with Gasteiger partial charge in [-0.3, -0.25) is 24.5 Å². The molecule has 0 aliphatic rings. The first kappa shape index (κ1) is 24.2. The monoisotopic (exact) mass is 437 g/mol. The van der Waals surface area contributed by atoms with E-state index in [-0.39, 0.29) is 41.0 Å². The van der Waals surface area contributed by atoms with Gasteiger partial charge in [0.2, 0.25) is 0 Å². The summed E-state index contributed by atoms with van der Waals surface area (Å²) in [5.74, 6) is -1.65. The molecular weight excluding hydrogens is 414 g/mol. The van der Waals surface area contributed by atoms with Crippen LogP contribution in [-0.2, 0) is 19.7 Å². The molecular formula is C23H23N3O6. The minimum atomic E-state index is -0.719. The molecule has 9 nitrogen and oxygen atoms in total. The number of amides is 1. The van der Waals surface area contributed by atoms with Crippen molar-refractivity contribution in [2.75, 3.05) is 11.9 Å². The Morgan fingerprint density at radius 3 is 2.31 bits per heavy atom. The summed E-state index contributed by atoms with van der Waals surface area (Å²) < 4.78 is 4.87. The Morgan fingerprint density at radius 1 is 1.09 bits per heavy atom. The lowest BCUT2D eigenvalue weighted by atomic mass is 9.86. The number of rotatable bonds is 8. The van der Waals surface area contributed by atoms with Crippen molar-refractivity contribution in [3.05, 3.63) is 69.3 Å². The van der Waals surface area contributed by atoms with Crippen LogP contribution in [0, 0.1) is 21.4 Å². The van der Waals surface area contributed by atoms with Gasteiger partial charge >= 0.3 is 5.97 Å². The quantitative estimate of drug-likeness (QED) is 0.286. The van der Waals surface area contributed by atoms with Gasteiger partial charge in [0.25, 0.3) is 11.6 Å². The fourth-order valence-electron chi connectivity index (χ4n) is 2.77. The fraction of sp³-hybridized carbons (Fsp3) is 0.304. The Hall–Kier alpha value is -4.06. The third kappa shape index (κ3) is 6.74. The molecule has 166 valence electrons. The summed E-state index contributed by atoms with van der Waals surface area (Å²) >= 11 is 0. The van der Waals surface area contributed by atoms with Gasteiger partial charge < -0.3 is 10.1 Å². The first-order valence-electron chi connectivity index (χ1n) is 9.79. The molecule has 0 saturated heterocycles. The number of nitrogens with one attached hydrogen (secondary N) is 1. The lowest BCUT2D eigenvalue weighted by molar-refractivity contribution is -0.384. The molecule has 0 saturated carbocycles. The van der Waals surface area contributed by atoms with Crippen LogP contribution in [0.25, 0.3) is 0 Å². The molecule has 0 radical (unpaired) electrons. The highest BCUT2D eigenvalue weighted by Crippen LogP contribution is 2.23. The molecule has 0 spiro atoms. The molecule has 2 rings (SSSR count). The normalized spacial score (nSPS) is 10.7. The Morgan fingerprint density at radius 2 is 1.75 bits per heavy atom. The van der Waals surface area contributed by atoms with Gasteiger partial charge in [0, 0.05) is 24.1 Å². The van der Waals surface area contributed by atoms with Gasteiger partial charge in [0.1, 0.15) is 6.07 Å². The SMILES string of the molecule is CC(C)(C)c1ccc(C(=O)CCC(=O)OCC(=O)Nc2ccc([N+](=O)[O-])cc2C#N)cc1. The van der Waals surface area contributed by atoms with Crippen LogP contribution in [0.3, 0.4) is 0 Å². The van der Waals surface area contributed by atoms with Crippen LogP contribution in [-0.4, -0.2) is 29.2 Å². The number of carbonyl (C=O) groups excluding carboxylic acids is 3. The molecule has 0 atom stereocenters. The van der Waals surface area contributed by atoms with Crippen molar-refractivity contribution in [2.24, 2.45) is 0 Å². The van der Waals surface area contributed by atoms with E-state index in [0.717, 1.165) is 17.7 Å². The molecule has 0 aromatic heterocycles. The van der Waals surface area contributed by atoms with E-state index in [2.05, 4.69) is 26.1 Å². The predicted molar refractivity (Wildman–Crippen MR) is 116 cm³/mol. The maximum Gasteiger partial charge on any atom is 0.306 e. The molecule has 0 bridgehead atoms. The minimum absolute atomic E-state index is 0.0333. The second-order valence-corrected chi connectivity index (χ2v) is 8.06. The number of nitrogens with zero attached hydrogens (tertiary/aromatic N) is 2. The zero-order chi connectivity index (χ0) is 23.9. The number of carbonyl (C=O) groups is 3. The molecule has 0 fully saturated rings. The van der Waals surface area contributed by atoms with Crippen LogP contribution in [0.4, 0.5) is 11.4 Å². The lowest BCUT2D eigenvalue weighted by Crippen LogP contribution is -2.21. The first-order valence-corrected chi connectivity index (χ1v) is 9.79. The average Bonchev–Trinajstić information content (AvgIpc) is 2.75. The van der Waals surface area contributed by atoms with Crippen molar-refractivity contribution < 1.29 is 24.0 Å². The van der Waals surface area contributed by atoms with E-state index in [1.165, 1.54) is 6.07 Å². The van der Waals surface area contributed by atoms with Gasteiger partial charge in [-0.1, -0.05) is 45.0 Å². The highest BCUT2D eigenvalue weighted by molar-refractivity contribution is 5.98. The van der Waals surface area contributed by atoms with E-state index in [0.29, 0.717) is 5.56 Å². The second kappa shape index (κ2) is 10.3. The van der Waals surface area contributed by atoms with Gasteiger partial charge in [-0.15, -0.1) is 0 Å². The molecule has 0 unspecified atom stereocenters. The van der Waals surface area contributed by atoms with E-state index < -0.39 is 23.4 Å². The van der Waals surface area contributed by atoms with Crippen LogP contribution in [0.1, 0.15) is 55.1 Å². The highest BCUT2D eigenvalue weighted by atomic mass is 16.6.